The van der Waals surface area contributed by atoms with Gasteiger partial charge in [-0.05, 0) is 72.4 Å². The van der Waals surface area contributed by atoms with Crippen molar-refractivity contribution in [1.29, 1.82) is 0 Å². The van der Waals surface area contributed by atoms with Crippen LogP contribution in [0.2, 0.25) is 0 Å². The number of para-hydroxylation sites is 1. The summed E-state index contributed by atoms with van der Waals surface area (Å²) in [5.41, 5.74) is 5.84. The molecule has 0 fully saturated rings. The van der Waals surface area contributed by atoms with Gasteiger partial charge in [-0.15, -0.1) is 0 Å². The van der Waals surface area contributed by atoms with Crippen LogP contribution in [0.4, 0.5) is 11.4 Å². The van der Waals surface area contributed by atoms with Gasteiger partial charge in [0.05, 0.1) is 18.3 Å². The topological polar surface area (TPSA) is 42.8 Å². The van der Waals surface area contributed by atoms with E-state index in [4.69, 9.17) is 9.47 Å². The van der Waals surface area contributed by atoms with Crippen LogP contribution in [0.5, 0.6) is 11.5 Å². The van der Waals surface area contributed by atoms with E-state index in [0.717, 1.165) is 17.7 Å². The monoisotopic (exact) mass is 450 g/mol. The smallest absolute Gasteiger partial charge is 0.161 e. The lowest BCUT2D eigenvalue weighted by molar-refractivity contribution is 0.297. The van der Waals surface area contributed by atoms with Crippen LogP contribution in [-0.4, -0.2) is 19.4 Å². The lowest BCUT2D eigenvalue weighted by atomic mass is 9.77. The summed E-state index contributed by atoms with van der Waals surface area (Å²) < 4.78 is 11.4. The minimum absolute atomic E-state index is 0.296. The number of allylic oxidation sites excluding steroid dienone is 2. The molecule has 1 N–H and O–H groups in total. The van der Waals surface area contributed by atoms with Crippen LogP contribution in [0.3, 0.4) is 0 Å². The maximum Gasteiger partial charge on any atom is 0.161 e. The standard InChI is InChI=1S/C30H30N2O2/c1-3-18-34-28-17-12-21(19-29(28)33-4-2)20-31-23-15-13-22(14-16-23)30-26-10-7-9-24(26)25-8-5-6-11-27(25)32-30/h3,5-9,11-17,19-20,24,26,30,32H,1,4,10,18H2,2H3/t24-,26-,30-/m0/s1. The molecule has 4 nitrogen and oxygen atoms in total. The third-order valence-electron chi connectivity index (χ3n) is 6.51. The van der Waals surface area contributed by atoms with E-state index in [1.54, 1.807) is 6.08 Å². The zero-order valence-corrected chi connectivity index (χ0v) is 19.5. The number of aliphatic imine (C=N–C) groups is 1. The minimum Gasteiger partial charge on any atom is -0.490 e. The predicted octanol–water partition coefficient (Wildman–Crippen LogP) is 7.23. The fourth-order valence-electron chi connectivity index (χ4n) is 4.93. The SMILES string of the molecule is C=CCOc1ccc(C=Nc2ccc([C@@H]3Nc4ccccc4[C@@H]4C=CC[C@@H]43)cc2)cc1OCC. The lowest BCUT2D eigenvalue weighted by Crippen LogP contribution is -2.28. The van der Waals surface area contributed by atoms with Crippen LogP contribution >= 0.6 is 0 Å². The van der Waals surface area contributed by atoms with Gasteiger partial charge in [0.15, 0.2) is 11.5 Å². The summed E-state index contributed by atoms with van der Waals surface area (Å²) in [5.74, 6) is 2.46. The first-order valence-electron chi connectivity index (χ1n) is 11.9. The summed E-state index contributed by atoms with van der Waals surface area (Å²) in [5, 5.41) is 3.79. The quantitative estimate of drug-likeness (QED) is 0.291. The van der Waals surface area contributed by atoms with Crippen molar-refractivity contribution in [2.75, 3.05) is 18.5 Å². The lowest BCUT2D eigenvalue weighted by Gasteiger charge is -2.37. The van der Waals surface area contributed by atoms with Crippen molar-refractivity contribution >= 4 is 17.6 Å². The number of hydrogen-bond donors (Lipinski definition) is 1. The molecule has 3 aromatic carbocycles. The number of hydrogen-bond acceptors (Lipinski definition) is 4. The average Bonchev–Trinajstić information content (AvgIpc) is 3.37. The maximum absolute atomic E-state index is 5.74. The molecular formula is C30H30N2O2. The van der Waals surface area contributed by atoms with E-state index < -0.39 is 0 Å². The highest BCUT2D eigenvalue weighted by Gasteiger charge is 2.37. The second-order valence-electron chi connectivity index (χ2n) is 8.65. The van der Waals surface area contributed by atoms with Crippen LogP contribution < -0.4 is 14.8 Å². The molecule has 0 saturated carbocycles. The molecule has 0 radical (unpaired) electrons. The van der Waals surface area contributed by atoms with Crippen LogP contribution in [0, 0.1) is 5.92 Å². The Morgan fingerprint density at radius 1 is 1.03 bits per heavy atom. The van der Waals surface area contributed by atoms with Crippen LogP contribution in [0.25, 0.3) is 0 Å². The summed E-state index contributed by atoms with van der Waals surface area (Å²) in [6, 6.07) is 23.4. The Bertz CT molecular complexity index is 1210. The van der Waals surface area contributed by atoms with Crippen LogP contribution in [0.15, 0.2) is 96.5 Å². The zero-order chi connectivity index (χ0) is 23.3. The molecule has 3 aromatic rings. The van der Waals surface area contributed by atoms with Gasteiger partial charge in [-0.3, -0.25) is 4.99 Å². The Hall–Kier alpha value is -3.79. The van der Waals surface area contributed by atoms with E-state index in [9.17, 15) is 0 Å². The fourth-order valence-corrected chi connectivity index (χ4v) is 4.93. The first kappa shape index (κ1) is 22.0. The van der Waals surface area contributed by atoms with Gasteiger partial charge in [-0.25, -0.2) is 0 Å². The molecule has 0 unspecified atom stereocenters. The third kappa shape index (κ3) is 4.49. The van der Waals surface area contributed by atoms with Crippen molar-refractivity contribution in [2.24, 2.45) is 10.9 Å². The second kappa shape index (κ2) is 10.0. The molecule has 172 valence electrons. The molecule has 4 heteroatoms. The molecule has 5 rings (SSSR count). The molecule has 34 heavy (non-hydrogen) atoms. The van der Waals surface area contributed by atoms with Gasteiger partial charge in [0.1, 0.15) is 6.61 Å². The molecular weight excluding hydrogens is 420 g/mol. The second-order valence-corrected chi connectivity index (χ2v) is 8.65. The molecule has 0 bridgehead atoms. The molecule has 1 heterocycles. The zero-order valence-electron chi connectivity index (χ0n) is 19.5. The van der Waals surface area contributed by atoms with Crippen molar-refractivity contribution < 1.29 is 9.47 Å². The highest BCUT2D eigenvalue weighted by molar-refractivity contribution is 5.83. The predicted molar refractivity (Wildman–Crippen MR) is 140 cm³/mol. The number of benzene rings is 3. The Morgan fingerprint density at radius 2 is 1.88 bits per heavy atom. The van der Waals surface area contributed by atoms with E-state index in [-0.39, 0.29) is 0 Å². The Labute approximate surface area is 201 Å². The number of nitrogens with zero attached hydrogens (tertiary/aromatic N) is 1. The number of fused-ring (bicyclic) bond motifs is 3. The van der Waals surface area contributed by atoms with Crippen LogP contribution in [-0.2, 0) is 0 Å². The van der Waals surface area contributed by atoms with Gasteiger partial charge in [0, 0.05) is 17.8 Å². The molecule has 0 aromatic heterocycles. The third-order valence-corrected chi connectivity index (χ3v) is 6.51. The number of anilines is 1. The van der Waals surface area contributed by atoms with Gasteiger partial charge >= 0.3 is 0 Å². The molecule has 0 spiro atoms. The summed E-state index contributed by atoms with van der Waals surface area (Å²) in [6.07, 6.45) is 9.39. The molecule has 0 amide bonds. The highest BCUT2D eigenvalue weighted by Crippen LogP contribution is 2.49. The molecule has 1 aliphatic carbocycles. The largest absolute Gasteiger partial charge is 0.490 e. The highest BCUT2D eigenvalue weighted by atomic mass is 16.5. The van der Waals surface area contributed by atoms with Gasteiger partial charge in [-0.1, -0.05) is 55.1 Å². The van der Waals surface area contributed by atoms with Gasteiger partial charge in [-0.2, -0.15) is 0 Å². The summed E-state index contributed by atoms with van der Waals surface area (Å²) in [6.45, 7) is 6.68. The van der Waals surface area contributed by atoms with Gasteiger partial charge in [0.25, 0.3) is 0 Å². The van der Waals surface area contributed by atoms with E-state index >= 15 is 0 Å². The Kier molecular flexibility index (Phi) is 6.48. The fraction of sp³-hybridized carbons (Fsp3) is 0.233. The van der Waals surface area contributed by atoms with E-state index in [1.807, 2.05) is 31.3 Å². The summed E-state index contributed by atoms with van der Waals surface area (Å²) in [7, 11) is 0. The molecule has 1 aliphatic heterocycles. The average molecular weight is 451 g/mol. The molecule has 0 saturated heterocycles. The van der Waals surface area contributed by atoms with E-state index in [1.165, 1.54) is 16.8 Å². The van der Waals surface area contributed by atoms with Gasteiger partial charge in [0.2, 0.25) is 0 Å². The normalized spacial score (nSPS) is 20.4. The van der Waals surface area contributed by atoms with Crippen molar-refractivity contribution in [1.82, 2.24) is 0 Å². The summed E-state index contributed by atoms with van der Waals surface area (Å²) >= 11 is 0. The van der Waals surface area contributed by atoms with Crippen molar-refractivity contribution in [3.05, 3.63) is 108 Å². The number of nitrogens with one attached hydrogen (secondary N) is 1. The van der Waals surface area contributed by atoms with Crippen molar-refractivity contribution in [3.8, 4) is 11.5 Å². The van der Waals surface area contributed by atoms with E-state index in [2.05, 4.69) is 77.6 Å². The van der Waals surface area contributed by atoms with Crippen molar-refractivity contribution in [3.63, 3.8) is 0 Å². The first-order valence-corrected chi connectivity index (χ1v) is 11.9. The van der Waals surface area contributed by atoms with Crippen molar-refractivity contribution in [2.45, 2.75) is 25.3 Å². The number of ether oxygens (including phenoxy) is 2. The first-order chi connectivity index (χ1) is 16.8. The Morgan fingerprint density at radius 3 is 2.71 bits per heavy atom. The minimum atomic E-state index is 0.296. The Balaban J connectivity index is 1.32. The van der Waals surface area contributed by atoms with Crippen LogP contribution in [0.1, 0.15) is 42.0 Å². The molecule has 3 atom stereocenters. The number of rotatable bonds is 8. The maximum atomic E-state index is 5.74. The van der Waals surface area contributed by atoms with Gasteiger partial charge < -0.3 is 14.8 Å². The van der Waals surface area contributed by atoms with E-state index in [0.29, 0.717) is 42.6 Å². The summed E-state index contributed by atoms with van der Waals surface area (Å²) in [4.78, 5) is 4.69. The molecule has 2 aliphatic rings.